The van der Waals surface area contributed by atoms with Crippen LogP contribution in [0.2, 0.25) is 0 Å². The second-order valence-electron chi connectivity index (χ2n) is 5.33. The van der Waals surface area contributed by atoms with Gasteiger partial charge >= 0.3 is 0 Å². The van der Waals surface area contributed by atoms with E-state index in [2.05, 4.69) is 17.6 Å². The molecule has 0 heterocycles. The van der Waals surface area contributed by atoms with E-state index in [0.717, 1.165) is 32.1 Å². The Balaban J connectivity index is 1.88. The molecule has 1 fully saturated rings. The molecule has 1 saturated carbocycles. The molecule has 0 radical (unpaired) electrons. The van der Waals surface area contributed by atoms with E-state index < -0.39 is 0 Å². The van der Waals surface area contributed by atoms with Gasteiger partial charge in [0.05, 0.1) is 0 Å². The van der Waals surface area contributed by atoms with Crippen LogP contribution in [-0.4, -0.2) is 17.9 Å². The number of anilines is 1. The lowest BCUT2D eigenvalue weighted by molar-refractivity contribution is -0.116. The Morgan fingerprint density at radius 1 is 1.25 bits per heavy atom. The number of unbranched alkanes of at least 4 members (excludes halogenated alkanes) is 2. The molecule has 0 spiro atoms. The highest BCUT2D eigenvalue weighted by atomic mass is 16.2. The van der Waals surface area contributed by atoms with Crippen LogP contribution in [0.1, 0.15) is 55.8 Å². The Morgan fingerprint density at radius 3 is 2.75 bits per heavy atom. The molecular weight excluding hydrogens is 252 g/mol. The van der Waals surface area contributed by atoms with Crippen molar-refractivity contribution in [1.29, 1.82) is 0 Å². The van der Waals surface area contributed by atoms with Gasteiger partial charge in [-0.15, -0.1) is 0 Å². The van der Waals surface area contributed by atoms with Crippen molar-refractivity contribution < 1.29 is 9.59 Å². The molecule has 2 N–H and O–H groups in total. The Labute approximate surface area is 119 Å². The van der Waals surface area contributed by atoms with Gasteiger partial charge in [-0.2, -0.15) is 0 Å². The predicted molar refractivity (Wildman–Crippen MR) is 79.7 cm³/mol. The average Bonchev–Trinajstić information content (AvgIpc) is 3.23. The van der Waals surface area contributed by atoms with Crippen LogP contribution in [0.3, 0.4) is 0 Å². The maximum Gasteiger partial charge on any atom is 0.251 e. The minimum absolute atomic E-state index is 0.0122. The van der Waals surface area contributed by atoms with Gasteiger partial charge in [-0.05, 0) is 37.5 Å². The SMILES string of the molecule is CCCCCC(=O)Nc1cccc(C(=O)NC2CC2)c1. The summed E-state index contributed by atoms with van der Waals surface area (Å²) in [5, 5.41) is 5.79. The van der Waals surface area contributed by atoms with Gasteiger partial charge in [0.15, 0.2) is 0 Å². The number of rotatable bonds is 7. The lowest BCUT2D eigenvalue weighted by Crippen LogP contribution is -2.25. The topological polar surface area (TPSA) is 58.2 Å². The van der Waals surface area contributed by atoms with Crippen molar-refractivity contribution in [3.05, 3.63) is 29.8 Å². The number of carbonyl (C=O) groups excluding carboxylic acids is 2. The van der Waals surface area contributed by atoms with Crippen LogP contribution >= 0.6 is 0 Å². The van der Waals surface area contributed by atoms with E-state index in [1.54, 1.807) is 18.2 Å². The summed E-state index contributed by atoms with van der Waals surface area (Å²) in [6.45, 7) is 2.11. The molecule has 0 bridgehead atoms. The number of hydrogen-bond donors (Lipinski definition) is 2. The fourth-order valence-corrected chi connectivity index (χ4v) is 1.99. The normalized spacial score (nSPS) is 13.8. The predicted octanol–water partition coefficient (Wildman–Crippen LogP) is 3.10. The highest BCUT2D eigenvalue weighted by molar-refractivity contribution is 5.97. The monoisotopic (exact) mass is 274 g/mol. The van der Waals surface area contributed by atoms with Gasteiger partial charge in [-0.25, -0.2) is 0 Å². The van der Waals surface area contributed by atoms with Crippen LogP contribution in [-0.2, 0) is 4.79 Å². The quantitative estimate of drug-likeness (QED) is 0.751. The summed E-state index contributed by atoms with van der Waals surface area (Å²) in [6.07, 6.45) is 5.75. The van der Waals surface area contributed by atoms with Gasteiger partial charge in [-0.1, -0.05) is 25.8 Å². The van der Waals surface area contributed by atoms with Crippen molar-refractivity contribution in [3.63, 3.8) is 0 Å². The minimum atomic E-state index is -0.0606. The largest absolute Gasteiger partial charge is 0.349 e. The van der Waals surface area contributed by atoms with E-state index in [-0.39, 0.29) is 11.8 Å². The summed E-state index contributed by atoms with van der Waals surface area (Å²) >= 11 is 0. The van der Waals surface area contributed by atoms with Gasteiger partial charge in [0.2, 0.25) is 5.91 Å². The summed E-state index contributed by atoms with van der Waals surface area (Å²) in [4.78, 5) is 23.7. The zero-order valence-electron chi connectivity index (χ0n) is 11.9. The molecule has 1 aliphatic rings. The smallest absolute Gasteiger partial charge is 0.251 e. The van der Waals surface area contributed by atoms with E-state index in [1.807, 2.05) is 6.07 Å². The lowest BCUT2D eigenvalue weighted by atomic mass is 10.1. The van der Waals surface area contributed by atoms with Gasteiger partial charge in [-0.3, -0.25) is 9.59 Å². The molecule has 20 heavy (non-hydrogen) atoms. The maximum atomic E-state index is 11.9. The van der Waals surface area contributed by atoms with Crippen LogP contribution < -0.4 is 10.6 Å². The zero-order valence-corrected chi connectivity index (χ0v) is 11.9. The number of amides is 2. The van der Waals surface area contributed by atoms with Gasteiger partial charge in [0.1, 0.15) is 0 Å². The van der Waals surface area contributed by atoms with Gasteiger partial charge < -0.3 is 10.6 Å². The maximum absolute atomic E-state index is 11.9. The first kappa shape index (κ1) is 14.6. The number of hydrogen-bond acceptors (Lipinski definition) is 2. The standard InChI is InChI=1S/C16H22N2O2/c1-2-3-4-8-15(19)17-14-7-5-6-12(11-14)16(20)18-13-9-10-13/h5-7,11,13H,2-4,8-10H2,1H3,(H,17,19)(H,18,20). The molecule has 4 heteroatoms. The third-order valence-electron chi connectivity index (χ3n) is 3.33. The molecule has 1 aliphatic carbocycles. The number of benzene rings is 1. The summed E-state index contributed by atoms with van der Waals surface area (Å²) in [6, 6.07) is 7.45. The van der Waals surface area contributed by atoms with Crippen LogP contribution in [0.15, 0.2) is 24.3 Å². The van der Waals surface area contributed by atoms with Crippen LogP contribution in [0.25, 0.3) is 0 Å². The molecule has 0 atom stereocenters. The third kappa shape index (κ3) is 4.68. The second kappa shape index (κ2) is 7.08. The highest BCUT2D eigenvalue weighted by Gasteiger charge is 2.23. The first-order valence-corrected chi connectivity index (χ1v) is 7.40. The Kier molecular flexibility index (Phi) is 5.16. The van der Waals surface area contributed by atoms with Crippen LogP contribution in [0.4, 0.5) is 5.69 Å². The average molecular weight is 274 g/mol. The van der Waals surface area contributed by atoms with Crippen molar-refractivity contribution in [2.45, 2.75) is 51.5 Å². The van der Waals surface area contributed by atoms with Crippen molar-refractivity contribution >= 4 is 17.5 Å². The Morgan fingerprint density at radius 2 is 2.05 bits per heavy atom. The van der Waals surface area contributed by atoms with Gasteiger partial charge in [0, 0.05) is 23.7 Å². The van der Waals surface area contributed by atoms with Crippen molar-refractivity contribution in [2.24, 2.45) is 0 Å². The summed E-state index contributed by atoms with van der Waals surface area (Å²) < 4.78 is 0. The molecule has 0 unspecified atom stereocenters. The third-order valence-corrected chi connectivity index (χ3v) is 3.33. The van der Waals surface area contributed by atoms with E-state index >= 15 is 0 Å². The molecule has 1 aromatic rings. The summed E-state index contributed by atoms with van der Waals surface area (Å²) in [7, 11) is 0. The fraction of sp³-hybridized carbons (Fsp3) is 0.500. The summed E-state index contributed by atoms with van der Waals surface area (Å²) in [5.41, 5.74) is 1.29. The lowest BCUT2D eigenvalue weighted by Gasteiger charge is -2.08. The molecule has 2 amide bonds. The number of nitrogens with one attached hydrogen (secondary N) is 2. The fourth-order valence-electron chi connectivity index (χ4n) is 1.99. The Hall–Kier alpha value is -1.84. The molecule has 4 nitrogen and oxygen atoms in total. The molecular formula is C16H22N2O2. The van der Waals surface area contributed by atoms with Gasteiger partial charge in [0.25, 0.3) is 5.91 Å². The van der Waals surface area contributed by atoms with Crippen molar-refractivity contribution in [1.82, 2.24) is 5.32 Å². The minimum Gasteiger partial charge on any atom is -0.349 e. The van der Waals surface area contributed by atoms with Crippen molar-refractivity contribution in [2.75, 3.05) is 5.32 Å². The van der Waals surface area contributed by atoms with E-state index in [1.165, 1.54) is 0 Å². The Bertz CT molecular complexity index is 481. The highest BCUT2D eigenvalue weighted by Crippen LogP contribution is 2.20. The summed E-state index contributed by atoms with van der Waals surface area (Å²) in [5.74, 6) is -0.0483. The molecule has 1 aromatic carbocycles. The molecule has 0 aliphatic heterocycles. The molecule has 0 saturated heterocycles. The van der Waals surface area contributed by atoms with E-state index in [9.17, 15) is 9.59 Å². The second-order valence-corrected chi connectivity index (χ2v) is 5.33. The molecule has 0 aromatic heterocycles. The van der Waals surface area contributed by atoms with Crippen molar-refractivity contribution in [3.8, 4) is 0 Å². The van der Waals surface area contributed by atoms with E-state index in [0.29, 0.717) is 23.7 Å². The van der Waals surface area contributed by atoms with Crippen LogP contribution in [0, 0.1) is 0 Å². The molecule has 2 rings (SSSR count). The number of carbonyl (C=O) groups is 2. The van der Waals surface area contributed by atoms with E-state index in [4.69, 9.17) is 0 Å². The first-order valence-electron chi connectivity index (χ1n) is 7.40. The molecule has 108 valence electrons. The first-order chi connectivity index (χ1) is 9.69. The zero-order chi connectivity index (χ0) is 14.4. The van der Waals surface area contributed by atoms with Crippen LogP contribution in [0.5, 0.6) is 0 Å².